The second kappa shape index (κ2) is 10.9. The molecule has 2 rings (SSSR count). The first kappa shape index (κ1) is 19.3. The Kier molecular flexibility index (Phi) is 8.73. The standard InChI is InChI=1S/C18H17NO3.C2H6/c1-21-17-7-4-14(5-8-17)13-22-18-9-6-15(12-19)11-16(18)3-2-10-20;1-2/h2-9,11,20H,10,13H2,1H3;1-2H3/b3-2+;. The SMILES string of the molecule is CC.COc1ccc(COc2ccc(C#N)cc2/C=C/CO)cc1. The zero-order valence-corrected chi connectivity index (χ0v) is 14.3. The van der Waals surface area contributed by atoms with E-state index in [-0.39, 0.29) is 6.61 Å². The summed E-state index contributed by atoms with van der Waals surface area (Å²) >= 11 is 0. The van der Waals surface area contributed by atoms with E-state index in [2.05, 4.69) is 6.07 Å². The van der Waals surface area contributed by atoms with Crippen LogP contribution in [0.15, 0.2) is 48.5 Å². The molecule has 0 aliphatic heterocycles. The highest BCUT2D eigenvalue weighted by molar-refractivity contribution is 5.60. The molecule has 0 aromatic heterocycles. The van der Waals surface area contributed by atoms with E-state index in [1.807, 2.05) is 38.1 Å². The van der Waals surface area contributed by atoms with E-state index in [4.69, 9.17) is 19.8 Å². The molecule has 0 unspecified atom stereocenters. The maximum Gasteiger partial charge on any atom is 0.127 e. The number of nitriles is 1. The summed E-state index contributed by atoms with van der Waals surface area (Å²) in [6.07, 6.45) is 3.35. The van der Waals surface area contributed by atoms with Crippen molar-refractivity contribution in [1.29, 1.82) is 5.26 Å². The molecule has 2 aromatic rings. The van der Waals surface area contributed by atoms with Gasteiger partial charge in [-0.1, -0.05) is 38.1 Å². The highest BCUT2D eigenvalue weighted by Gasteiger charge is 2.04. The van der Waals surface area contributed by atoms with Crippen molar-refractivity contribution in [1.82, 2.24) is 0 Å². The molecule has 0 saturated carbocycles. The number of hydrogen-bond donors (Lipinski definition) is 1. The lowest BCUT2D eigenvalue weighted by atomic mass is 10.1. The van der Waals surface area contributed by atoms with E-state index in [0.717, 1.165) is 16.9 Å². The van der Waals surface area contributed by atoms with Gasteiger partial charge in [0.05, 0.1) is 25.3 Å². The molecule has 2 aromatic carbocycles. The summed E-state index contributed by atoms with van der Waals surface area (Å²) in [5, 5.41) is 17.9. The van der Waals surface area contributed by atoms with Crippen LogP contribution in [0.2, 0.25) is 0 Å². The predicted molar refractivity (Wildman–Crippen MR) is 96.0 cm³/mol. The van der Waals surface area contributed by atoms with Crippen LogP contribution in [0.4, 0.5) is 0 Å². The van der Waals surface area contributed by atoms with Gasteiger partial charge in [-0.2, -0.15) is 5.26 Å². The molecule has 0 aliphatic carbocycles. The summed E-state index contributed by atoms with van der Waals surface area (Å²) in [5.74, 6) is 1.47. The fraction of sp³-hybridized carbons (Fsp3) is 0.250. The Morgan fingerprint density at radius 2 is 1.83 bits per heavy atom. The minimum absolute atomic E-state index is 0.0608. The number of hydrogen-bond acceptors (Lipinski definition) is 4. The lowest BCUT2D eigenvalue weighted by molar-refractivity contribution is 0.305. The maximum absolute atomic E-state index is 8.96. The van der Waals surface area contributed by atoms with Crippen LogP contribution in [0.25, 0.3) is 6.08 Å². The monoisotopic (exact) mass is 325 g/mol. The van der Waals surface area contributed by atoms with Crippen LogP contribution in [-0.2, 0) is 6.61 Å². The van der Waals surface area contributed by atoms with Crippen molar-refractivity contribution in [3.8, 4) is 17.6 Å². The van der Waals surface area contributed by atoms with Gasteiger partial charge in [0.1, 0.15) is 18.1 Å². The zero-order valence-electron chi connectivity index (χ0n) is 14.3. The van der Waals surface area contributed by atoms with E-state index < -0.39 is 0 Å². The number of aliphatic hydroxyl groups is 1. The summed E-state index contributed by atoms with van der Waals surface area (Å²) in [5.41, 5.74) is 2.33. The molecule has 0 bridgehead atoms. The zero-order chi connectivity index (χ0) is 17.8. The highest BCUT2D eigenvalue weighted by Crippen LogP contribution is 2.23. The molecule has 0 aliphatic rings. The van der Waals surface area contributed by atoms with E-state index >= 15 is 0 Å². The molecule has 0 radical (unpaired) electrons. The van der Waals surface area contributed by atoms with Crippen molar-refractivity contribution in [3.05, 3.63) is 65.2 Å². The van der Waals surface area contributed by atoms with Crippen LogP contribution >= 0.6 is 0 Å². The minimum Gasteiger partial charge on any atom is -0.497 e. The molecule has 0 saturated heterocycles. The maximum atomic E-state index is 8.96. The largest absolute Gasteiger partial charge is 0.497 e. The topological polar surface area (TPSA) is 62.5 Å². The third-order valence-electron chi connectivity index (χ3n) is 3.10. The molecule has 0 spiro atoms. The lowest BCUT2D eigenvalue weighted by Gasteiger charge is -2.10. The molecule has 0 fully saturated rings. The van der Waals surface area contributed by atoms with Gasteiger partial charge in [0.25, 0.3) is 0 Å². The molecule has 0 atom stereocenters. The summed E-state index contributed by atoms with van der Waals surface area (Å²) in [4.78, 5) is 0. The molecular weight excluding hydrogens is 302 g/mol. The van der Waals surface area contributed by atoms with Gasteiger partial charge in [-0.3, -0.25) is 0 Å². The summed E-state index contributed by atoms with van der Waals surface area (Å²) < 4.78 is 10.9. The van der Waals surface area contributed by atoms with Crippen LogP contribution in [0.3, 0.4) is 0 Å². The number of aliphatic hydroxyl groups excluding tert-OH is 1. The first-order valence-electron chi connectivity index (χ1n) is 7.84. The second-order valence-corrected chi connectivity index (χ2v) is 4.59. The van der Waals surface area contributed by atoms with Gasteiger partial charge in [0.15, 0.2) is 0 Å². The van der Waals surface area contributed by atoms with Crippen molar-refractivity contribution in [2.45, 2.75) is 20.5 Å². The molecule has 0 amide bonds. The molecule has 126 valence electrons. The highest BCUT2D eigenvalue weighted by atomic mass is 16.5. The van der Waals surface area contributed by atoms with Crippen LogP contribution in [0, 0.1) is 11.3 Å². The van der Waals surface area contributed by atoms with Crippen LogP contribution in [-0.4, -0.2) is 18.8 Å². The van der Waals surface area contributed by atoms with Crippen LogP contribution < -0.4 is 9.47 Å². The average molecular weight is 325 g/mol. The van der Waals surface area contributed by atoms with Gasteiger partial charge >= 0.3 is 0 Å². The summed E-state index contributed by atoms with van der Waals surface area (Å²) in [6.45, 7) is 4.35. The number of benzene rings is 2. The Hall–Kier alpha value is -2.77. The fourth-order valence-electron chi connectivity index (χ4n) is 1.94. The van der Waals surface area contributed by atoms with Crippen molar-refractivity contribution < 1.29 is 14.6 Å². The Bertz CT molecular complexity index is 685. The minimum atomic E-state index is -0.0608. The van der Waals surface area contributed by atoms with E-state index in [1.54, 1.807) is 37.5 Å². The van der Waals surface area contributed by atoms with E-state index in [0.29, 0.717) is 17.9 Å². The van der Waals surface area contributed by atoms with Gasteiger partial charge in [-0.25, -0.2) is 0 Å². The Morgan fingerprint density at radius 1 is 1.12 bits per heavy atom. The van der Waals surface area contributed by atoms with E-state index in [9.17, 15) is 0 Å². The summed E-state index contributed by atoms with van der Waals surface area (Å²) in [6, 6.07) is 14.9. The molecule has 4 heteroatoms. The van der Waals surface area contributed by atoms with Gasteiger partial charge in [-0.05, 0) is 35.9 Å². The first-order chi connectivity index (χ1) is 11.8. The molecular formula is C20H23NO3. The van der Waals surface area contributed by atoms with Crippen molar-refractivity contribution in [3.63, 3.8) is 0 Å². The number of nitrogens with zero attached hydrogens (tertiary/aromatic N) is 1. The lowest BCUT2D eigenvalue weighted by Crippen LogP contribution is -1.97. The van der Waals surface area contributed by atoms with Crippen molar-refractivity contribution in [2.24, 2.45) is 0 Å². The predicted octanol–water partition coefficient (Wildman–Crippen LogP) is 4.18. The third kappa shape index (κ3) is 5.79. The molecule has 4 nitrogen and oxygen atoms in total. The van der Waals surface area contributed by atoms with E-state index in [1.165, 1.54) is 0 Å². The molecule has 0 heterocycles. The smallest absolute Gasteiger partial charge is 0.127 e. The Labute approximate surface area is 143 Å². The van der Waals surface area contributed by atoms with Crippen LogP contribution in [0.1, 0.15) is 30.5 Å². The van der Waals surface area contributed by atoms with Crippen molar-refractivity contribution >= 4 is 6.08 Å². The third-order valence-corrected chi connectivity index (χ3v) is 3.10. The molecule has 1 N–H and O–H groups in total. The van der Waals surface area contributed by atoms with Gasteiger partial charge in [0, 0.05) is 5.56 Å². The van der Waals surface area contributed by atoms with Crippen LogP contribution in [0.5, 0.6) is 11.5 Å². The van der Waals surface area contributed by atoms with Gasteiger partial charge < -0.3 is 14.6 Å². The Balaban J connectivity index is 0.00000139. The first-order valence-corrected chi connectivity index (χ1v) is 7.84. The second-order valence-electron chi connectivity index (χ2n) is 4.59. The van der Waals surface area contributed by atoms with Gasteiger partial charge in [0.2, 0.25) is 0 Å². The van der Waals surface area contributed by atoms with Gasteiger partial charge in [-0.15, -0.1) is 0 Å². The number of rotatable bonds is 6. The normalized spacial score (nSPS) is 9.79. The summed E-state index contributed by atoms with van der Waals surface area (Å²) in [7, 11) is 1.63. The number of ether oxygens (including phenoxy) is 2. The molecule has 24 heavy (non-hydrogen) atoms. The number of methoxy groups -OCH3 is 1. The average Bonchev–Trinajstić information content (AvgIpc) is 2.67. The quantitative estimate of drug-likeness (QED) is 0.865. The van der Waals surface area contributed by atoms with Crippen molar-refractivity contribution in [2.75, 3.05) is 13.7 Å². The Morgan fingerprint density at radius 3 is 2.42 bits per heavy atom. The fourth-order valence-corrected chi connectivity index (χ4v) is 1.94.